The van der Waals surface area contributed by atoms with Gasteiger partial charge in [0.15, 0.2) is 0 Å². The Morgan fingerprint density at radius 2 is 2.00 bits per heavy atom. The molecule has 2 heteroatoms. The van der Waals surface area contributed by atoms with E-state index in [0.29, 0.717) is 6.04 Å². The lowest BCUT2D eigenvalue weighted by molar-refractivity contribution is 0.138. The van der Waals surface area contributed by atoms with Crippen LogP contribution in [0.15, 0.2) is 12.7 Å². The minimum absolute atomic E-state index is 0.595. The second kappa shape index (κ2) is 9.22. The molecule has 2 nitrogen and oxygen atoms in total. The molecule has 0 fully saturated rings. The van der Waals surface area contributed by atoms with E-state index < -0.39 is 0 Å². The Labute approximate surface area is 88.7 Å². The Kier molecular flexibility index (Phi) is 9.00. The Hall–Kier alpha value is -0.340. The Morgan fingerprint density at radius 3 is 2.57 bits per heavy atom. The monoisotopic (exact) mass is 199 g/mol. The van der Waals surface area contributed by atoms with E-state index in [1.165, 1.54) is 6.42 Å². The summed E-state index contributed by atoms with van der Waals surface area (Å²) >= 11 is 0. The predicted octanol–water partition coefficient (Wildman–Crippen LogP) is 2.60. The maximum atomic E-state index is 5.40. The lowest BCUT2D eigenvalue weighted by Crippen LogP contribution is -2.30. The predicted molar refractivity (Wildman–Crippen MR) is 62.6 cm³/mol. The quantitative estimate of drug-likeness (QED) is 0.455. The second-order valence-electron chi connectivity index (χ2n) is 4.17. The summed E-state index contributed by atoms with van der Waals surface area (Å²) in [5, 5.41) is 3.44. The van der Waals surface area contributed by atoms with Gasteiger partial charge in [-0.15, -0.1) is 6.58 Å². The summed E-state index contributed by atoms with van der Waals surface area (Å²) in [6, 6.07) is 0.595. The molecule has 0 spiro atoms. The van der Waals surface area contributed by atoms with E-state index in [1.54, 1.807) is 0 Å². The molecular weight excluding hydrogens is 174 g/mol. The highest BCUT2D eigenvalue weighted by Gasteiger charge is 2.02. The summed E-state index contributed by atoms with van der Waals surface area (Å²) in [6.07, 6.45) is 4.06. The highest BCUT2D eigenvalue weighted by atomic mass is 16.5. The van der Waals surface area contributed by atoms with Crippen molar-refractivity contribution in [3.63, 3.8) is 0 Å². The SMILES string of the molecule is C=CCCOCCNC(C)CC(C)C. The number of hydrogen-bond donors (Lipinski definition) is 1. The summed E-state index contributed by atoms with van der Waals surface area (Å²) in [5.41, 5.74) is 0. The number of rotatable bonds is 9. The molecule has 0 bridgehead atoms. The van der Waals surface area contributed by atoms with E-state index in [1.807, 2.05) is 6.08 Å². The fourth-order valence-corrected chi connectivity index (χ4v) is 1.44. The van der Waals surface area contributed by atoms with Crippen LogP contribution in [0.4, 0.5) is 0 Å². The van der Waals surface area contributed by atoms with Crippen LogP contribution in [0.5, 0.6) is 0 Å². The summed E-state index contributed by atoms with van der Waals surface area (Å²) < 4.78 is 5.40. The van der Waals surface area contributed by atoms with Gasteiger partial charge in [-0.25, -0.2) is 0 Å². The third kappa shape index (κ3) is 9.75. The fourth-order valence-electron chi connectivity index (χ4n) is 1.44. The van der Waals surface area contributed by atoms with Gasteiger partial charge in [-0.1, -0.05) is 19.9 Å². The third-order valence-electron chi connectivity index (χ3n) is 2.03. The Balaban J connectivity index is 3.14. The van der Waals surface area contributed by atoms with Gasteiger partial charge in [-0.2, -0.15) is 0 Å². The highest BCUT2D eigenvalue weighted by molar-refractivity contribution is 4.65. The first-order chi connectivity index (χ1) is 6.66. The van der Waals surface area contributed by atoms with Crippen molar-refractivity contribution >= 4 is 0 Å². The zero-order chi connectivity index (χ0) is 10.8. The molecule has 1 unspecified atom stereocenters. The molecule has 84 valence electrons. The van der Waals surface area contributed by atoms with Crippen LogP contribution in [-0.4, -0.2) is 25.8 Å². The molecular formula is C12H25NO. The first-order valence-electron chi connectivity index (χ1n) is 5.58. The molecule has 0 aliphatic carbocycles. The van der Waals surface area contributed by atoms with Crippen molar-refractivity contribution in [2.45, 2.75) is 39.7 Å². The van der Waals surface area contributed by atoms with Gasteiger partial charge in [-0.3, -0.25) is 0 Å². The van der Waals surface area contributed by atoms with E-state index in [0.717, 1.165) is 32.1 Å². The highest BCUT2D eigenvalue weighted by Crippen LogP contribution is 2.02. The lowest BCUT2D eigenvalue weighted by atomic mass is 10.1. The lowest BCUT2D eigenvalue weighted by Gasteiger charge is -2.15. The normalized spacial score (nSPS) is 13.1. The van der Waals surface area contributed by atoms with Crippen LogP contribution in [0.1, 0.15) is 33.6 Å². The summed E-state index contributed by atoms with van der Waals surface area (Å²) in [4.78, 5) is 0. The van der Waals surface area contributed by atoms with E-state index in [9.17, 15) is 0 Å². The number of hydrogen-bond acceptors (Lipinski definition) is 2. The molecule has 1 atom stereocenters. The van der Waals surface area contributed by atoms with Crippen molar-refractivity contribution in [1.29, 1.82) is 0 Å². The van der Waals surface area contributed by atoms with Crippen LogP contribution in [-0.2, 0) is 4.74 Å². The van der Waals surface area contributed by atoms with Crippen LogP contribution < -0.4 is 5.32 Å². The minimum atomic E-state index is 0.595. The van der Waals surface area contributed by atoms with Gasteiger partial charge in [-0.05, 0) is 25.7 Å². The molecule has 0 amide bonds. The van der Waals surface area contributed by atoms with Gasteiger partial charge in [0.05, 0.1) is 13.2 Å². The van der Waals surface area contributed by atoms with Gasteiger partial charge in [0.1, 0.15) is 0 Å². The largest absolute Gasteiger partial charge is 0.380 e. The van der Waals surface area contributed by atoms with Crippen LogP contribution >= 0.6 is 0 Å². The molecule has 0 aromatic rings. The van der Waals surface area contributed by atoms with E-state index >= 15 is 0 Å². The summed E-state index contributed by atoms with van der Waals surface area (Å²) in [5.74, 6) is 0.763. The molecule has 14 heavy (non-hydrogen) atoms. The van der Waals surface area contributed by atoms with Crippen LogP contribution in [0, 0.1) is 5.92 Å². The zero-order valence-corrected chi connectivity index (χ0v) is 9.88. The van der Waals surface area contributed by atoms with Gasteiger partial charge >= 0.3 is 0 Å². The molecule has 0 saturated heterocycles. The van der Waals surface area contributed by atoms with Gasteiger partial charge in [0.2, 0.25) is 0 Å². The average molecular weight is 199 g/mol. The Morgan fingerprint density at radius 1 is 1.29 bits per heavy atom. The second-order valence-corrected chi connectivity index (χ2v) is 4.17. The summed E-state index contributed by atoms with van der Waals surface area (Å²) in [6.45, 7) is 12.9. The van der Waals surface area contributed by atoms with Crippen molar-refractivity contribution in [2.75, 3.05) is 19.8 Å². The molecule has 0 aliphatic rings. The average Bonchev–Trinajstić information content (AvgIpc) is 2.10. The van der Waals surface area contributed by atoms with Crippen molar-refractivity contribution < 1.29 is 4.74 Å². The maximum Gasteiger partial charge on any atom is 0.0591 e. The van der Waals surface area contributed by atoms with Crippen LogP contribution in [0.25, 0.3) is 0 Å². The van der Waals surface area contributed by atoms with Gasteiger partial charge in [0, 0.05) is 12.6 Å². The molecule has 0 radical (unpaired) electrons. The summed E-state index contributed by atoms with van der Waals surface area (Å²) in [7, 11) is 0. The third-order valence-corrected chi connectivity index (χ3v) is 2.03. The number of nitrogens with one attached hydrogen (secondary N) is 1. The molecule has 0 aromatic heterocycles. The topological polar surface area (TPSA) is 21.3 Å². The van der Waals surface area contributed by atoms with E-state index in [4.69, 9.17) is 4.74 Å². The molecule has 1 N–H and O–H groups in total. The standard InChI is InChI=1S/C12H25NO/c1-5-6-8-14-9-7-13-12(4)10-11(2)3/h5,11-13H,1,6-10H2,2-4H3. The van der Waals surface area contributed by atoms with Crippen molar-refractivity contribution in [3.8, 4) is 0 Å². The van der Waals surface area contributed by atoms with Crippen LogP contribution in [0.2, 0.25) is 0 Å². The first-order valence-corrected chi connectivity index (χ1v) is 5.58. The maximum absolute atomic E-state index is 5.40. The van der Waals surface area contributed by atoms with Gasteiger partial charge < -0.3 is 10.1 Å². The molecule has 0 saturated carbocycles. The molecule has 0 rings (SSSR count). The smallest absolute Gasteiger partial charge is 0.0591 e. The van der Waals surface area contributed by atoms with Crippen molar-refractivity contribution in [1.82, 2.24) is 5.32 Å². The minimum Gasteiger partial charge on any atom is -0.380 e. The molecule has 0 aliphatic heterocycles. The Bertz CT molecular complexity index is 134. The zero-order valence-electron chi connectivity index (χ0n) is 9.88. The molecule has 0 heterocycles. The first kappa shape index (κ1) is 13.7. The number of ether oxygens (including phenoxy) is 1. The fraction of sp³-hybridized carbons (Fsp3) is 0.833. The van der Waals surface area contributed by atoms with E-state index in [2.05, 4.69) is 32.7 Å². The van der Waals surface area contributed by atoms with Crippen molar-refractivity contribution in [2.24, 2.45) is 5.92 Å². The van der Waals surface area contributed by atoms with Crippen LogP contribution in [0.3, 0.4) is 0 Å². The van der Waals surface area contributed by atoms with Gasteiger partial charge in [0.25, 0.3) is 0 Å². The molecule has 0 aromatic carbocycles. The van der Waals surface area contributed by atoms with Crippen molar-refractivity contribution in [3.05, 3.63) is 12.7 Å². The van der Waals surface area contributed by atoms with E-state index in [-0.39, 0.29) is 0 Å².